The number of benzene rings is 2. The summed E-state index contributed by atoms with van der Waals surface area (Å²) in [4.78, 5) is 53.9. The molecule has 2 unspecified atom stereocenters. The molecule has 0 bridgehead atoms. The number of amides is 3. The number of rotatable bonds is 11. The number of ether oxygens (including phenoxy) is 2. The van der Waals surface area contributed by atoms with Crippen molar-refractivity contribution in [3.8, 4) is 5.75 Å². The van der Waals surface area contributed by atoms with Crippen LogP contribution in [0.4, 0.5) is 4.79 Å². The Morgan fingerprint density at radius 2 is 1.52 bits per heavy atom. The number of aliphatic hydroxyl groups is 1. The molecule has 0 aliphatic rings. The van der Waals surface area contributed by atoms with Gasteiger partial charge in [0.15, 0.2) is 0 Å². The van der Waals surface area contributed by atoms with E-state index in [-0.39, 0.29) is 24.3 Å². The van der Waals surface area contributed by atoms with Gasteiger partial charge in [-0.05, 0) is 59.6 Å². The highest BCUT2D eigenvalue weighted by Crippen LogP contribution is 2.32. The highest BCUT2D eigenvalue weighted by molar-refractivity contribution is 5.93. The van der Waals surface area contributed by atoms with E-state index in [1.807, 2.05) is 6.07 Å². The van der Waals surface area contributed by atoms with Gasteiger partial charge in [-0.1, -0.05) is 48.5 Å². The van der Waals surface area contributed by atoms with Gasteiger partial charge in [0, 0.05) is 18.5 Å². The number of phenolic OH excluding ortho intramolecular Hbond substituents is 1. The lowest BCUT2D eigenvalue weighted by atomic mass is 9.98. The van der Waals surface area contributed by atoms with Crippen LogP contribution in [0.15, 0.2) is 48.5 Å². The van der Waals surface area contributed by atoms with Crippen LogP contribution in [0.3, 0.4) is 0 Å². The minimum absolute atomic E-state index is 0.0780. The van der Waals surface area contributed by atoms with Crippen LogP contribution < -0.4 is 10.6 Å². The van der Waals surface area contributed by atoms with E-state index in [0.29, 0.717) is 5.56 Å². The maximum atomic E-state index is 14.0. The Balaban J connectivity index is 2.48. The molecule has 11 heteroatoms. The molecular weight excluding hydrogens is 542 g/mol. The van der Waals surface area contributed by atoms with Gasteiger partial charge < -0.3 is 35.2 Å². The second-order valence-corrected chi connectivity index (χ2v) is 11.9. The van der Waals surface area contributed by atoms with Gasteiger partial charge in [0.05, 0.1) is 6.61 Å². The summed E-state index contributed by atoms with van der Waals surface area (Å²) >= 11 is 0. The fourth-order valence-electron chi connectivity index (χ4n) is 4.09. The number of nitrogens with one attached hydrogen (secondary N) is 2. The van der Waals surface area contributed by atoms with Crippen molar-refractivity contribution in [1.29, 1.82) is 0 Å². The van der Waals surface area contributed by atoms with E-state index in [2.05, 4.69) is 10.6 Å². The van der Waals surface area contributed by atoms with Gasteiger partial charge in [-0.15, -0.1) is 0 Å². The zero-order chi connectivity index (χ0) is 31.7. The minimum Gasteiger partial charge on any atom is -0.507 e. The first-order valence-corrected chi connectivity index (χ1v) is 13.7. The molecule has 2 atom stereocenters. The Bertz CT molecular complexity index is 1230. The van der Waals surface area contributed by atoms with Crippen molar-refractivity contribution < 1.29 is 38.9 Å². The molecule has 0 aliphatic heterocycles. The third kappa shape index (κ3) is 10.7. The van der Waals surface area contributed by atoms with Crippen LogP contribution in [0.25, 0.3) is 0 Å². The third-order valence-corrected chi connectivity index (χ3v) is 5.86. The van der Waals surface area contributed by atoms with E-state index >= 15 is 0 Å². The molecule has 0 radical (unpaired) electrons. The molecule has 0 aliphatic carbocycles. The van der Waals surface area contributed by atoms with Crippen LogP contribution in [0.1, 0.15) is 64.3 Å². The van der Waals surface area contributed by atoms with E-state index < -0.39 is 60.3 Å². The van der Waals surface area contributed by atoms with Crippen LogP contribution in [0, 0.1) is 6.92 Å². The smallest absolute Gasteiger partial charge is 0.408 e. The number of aromatic hydroxyl groups is 1. The number of aliphatic hydroxyl groups excluding tert-OH is 1. The topological polar surface area (TPSA) is 154 Å². The zero-order valence-corrected chi connectivity index (χ0v) is 25.4. The number of hydrogen-bond acceptors (Lipinski definition) is 8. The summed E-state index contributed by atoms with van der Waals surface area (Å²) in [5, 5.41) is 25.8. The summed E-state index contributed by atoms with van der Waals surface area (Å²) in [6, 6.07) is 11.2. The number of alkyl carbamates (subject to hydrolysis) is 1. The molecule has 2 aromatic carbocycles. The highest BCUT2D eigenvalue weighted by Gasteiger charge is 2.36. The first-order valence-electron chi connectivity index (χ1n) is 13.7. The standard InChI is InChI=1S/C31H43N3O8/c1-20-12-11-15-22(26(20)37)25(34(16-17-35)24(36)19-32-29(40)42-31(5,6)7)27(38)33-23(28(39)41-30(2,3)4)18-21-13-9-8-10-14-21/h8-15,23,25,35,37H,16-19H2,1-7H3,(H,32,40)(H,33,38). The van der Waals surface area contributed by atoms with Crippen molar-refractivity contribution in [3.63, 3.8) is 0 Å². The molecule has 230 valence electrons. The van der Waals surface area contributed by atoms with Gasteiger partial charge in [-0.3, -0.25) is 9.59 Å². The van der Waals surface area contributed by atoms with Crippen LogP contribution in [0.5, 0.6) is 5.75 Å². The zero-order valence-electron chi connectivity index (χ0n) is 25.4. The predicted octanol–water partition coefficient (Wildman–Crippen LogP) is 3.16. The first-order chi connectivity index (χ1) is 19.5. The highest BCUT2D eigenvalue weighted by atomic mass is 16.6. The SMILES string of the molecule is Cc1cccc(C(C(=O)NC(Cc2ccccc2)C(=O)OC(C)(C)C)N(CCO)C(=O)CNC(=O)OC(C)(C)C)c1O. The monoisotopic (exact) mass is 585 g/mol. The van der Waals surface area contributed by atoms with Crippen molar-refractivity contribution in [2.45, 2.75) is 78.2 Å². The second-order valence-electron chi connectivity index (χ2n) is 11.9. The Hall–Kier alpha value is -4.12. The van der Waals surface area contributed by atoms with Crippen molar-refractivity contribution in [2.24, 2.45) is 0 Å². The van der Waals surface area contributed by atoms with Crippen molar-refractivity contribution in [3.05, 3.63) is 65.2 Å². The summed E-state index contributed by atoms with van der Waals surface area (Å²) in [7, 11) is 0. The van der Waals surface area contributed by atoms with Gasteiger partial charge in [0.25, 0.3) is 0 Å². The fraction of sp³-hybridized carbons (Fsp3) is 0.484. The van der Waals surface area contributed by atoms with Crippen LogP contribution in [0.2, 0.25) is 0 Å². The summed E-state index contributed by atoms with van der Waals surface area (Å²) in [6.45, 7) is 10.4. The maximum Gasteiger partial charge on any atom is 0.408 e. The molecule has 2 rings (SSSR count). The second kappa shape index (κ2) is 14.7. The average molecular weight is 586 g/mol. The largest absolute Gasteiger partial charge is 0.507 e. The lowest BCUT2D eigenvalue weighted by molar-refractivity contribution is -0.159. The Labute approximate surface area is 247 Å². The Morgan fingerprint density at radius 1 is 0.905 bits per heavy atom. The number of hydrogen-bond donors (Lipinski definition) is 4. The van der Waals surface area contributed by atoms with Crippen molar-refractivity contribution >= 4 is 23.9 Å². The summed E-state index contributed by atoms with van der Waals surface area (Å²) in [6.07, 6.45) is -0.741. The van der Waals surface area contributed by atoms with Crippen LogP contribution in [-0.2, 0) is 30.3 Å². The number of esters is 1. The number of carbonyl (C=O) groups excluding carboxylic acids is 4. The maximum absolute atomic E-state index is 14.0. The normalized spacial score (nSPS) is 13.0. The summed E-state index contributed by atoms with van der Waals surface area (Å²) in [5.74, 6) is -2.43. The Kier molecular flexibility index (Phi) is 11.9. The summed E-state index contributed by atoms with van der Waals surface area (Å²) < 4.78 is 10.8. The van der Waals surface area contributed by atoms with E-state index in [0.717, 1.165) is 10.5 Å². The van der Waals surface area contributed by atoms with Crippen molar-refractivity contribution in [1.82, 2.24) is 15.5 Å². The molecule has 0 spiro atoms. The van der Waals surface area contributed by atoms with Gasteiger partial charge in [-0.2, -0.15) is 0 Å². The first kappa shape index (κ1) is 34.1. The molecule has 0 aromatic heterocycles. The average Bonchev–Trinajstić information content (AvgIpc) is 2.87. The fourth-order valence-corrected chi connectivity index (χ4v) is 4.09. The lowest BCUT2D eigenvalue weighted by Crippen LogP contribution is -2.52. The molecule has 0 saturated carbocycles. The van der Waals surface area contributed by atoms with Crippen molar-refractivity contribution in [2.75, 3.05) is 19.7 Å². The van der Waals surface area contributed by atoms with Crippen LogP contribution >= 0.6 is 0 Å². The molecule has 42 heavy (non-hydrogen) atoms. The van der Waals surface area contributed by atoms with Crippen LogP contribution in [-0.4, -0.2) is 75.9 Å². The van der Waals surface area contributed by atoms with Gasteiger partial charge in [-0.25, -0.2) is 9.59 Å². The molecule has 0 fully saturated rings. The molecule has 0 saturated heterocycles. The number of aryl methyl sites for hydroxylation is 1. The van der Waals surface area contributed by atoms with Gasteiger partial charge in [0.1, 0.15) is 35.6 Å². The number of para-hydroxylation sites is 1. The number of phenols is 1. The number of carbonyl (C=O) groups is 4. The molecule has 3 amide bonds. The van der Waals surface area contributed by atoms with E-state index in [1.165, 1.54) is 6.07 Å². The quantitative estimate of drug-likeness (QED) is 0.293. The molecule has 11 nitrogen and oxygen atoms in total. The molecular formula is C31H43N3O8. The molecule has 0 heterocycles. The molecule has 2 aromatic rings. The predicted molar refractivity (Wildman–Crippen MR) is 157 cm³/mol. The number of nitrogens with zero attached hydrogens (tertiary/aromatic N) is 1. The molecule has 4 N–H and O–H groups in total. The van der Waals surface area contributed by atoms with E-state index in [4.69, 9.17) is 9.47 Å². The van der Waals surface area contributed by atoms with Gasteiger partial charge in [0.2, 0.25) is 11.8 Å². The van der Waals surface area contributed by atoms with Gasteiger partial charge >= 0.3 is 12.1 Å². The lowest BCUT2D eigenvalue weighted by Gasteiger charge is -2.33. The van der Waals surface area contributed by atoms with E-state index in [9.17, 15) is 29.4 Å². The minimum atomic E-state index is -1.47. The summed E-state index contributed by atoms with van der Waals surface area (Å²) in [5.41, 5.74) is -0.357. The van der Waals surface area contributed by atoms with E-state index in [1.54, 1.807) is 84.9 Å². The Morgan fingerprint density at radius 3 is 2.10 bits per heavy atom. The third-order valence-electron chi connectivity index (χ3n) is 5.86.